The lowest BCUT2D eigenvalue weighted by Crippen LogP contribution is -2.17. The van der Waals surface area contributed by atoms with Gasteiger partial charge >= 0.3 is 17.9 Å². The number of aromatic hydroxyl groups is 2. The van der Waals surface area contributed by atoms with E-state index in [1.165, 1.54) is 0 Å². The van der Waals surface area contributed by atoms with Crippen LogP contribution in [0.2, 0.25) is 0 Å². The number of phenolic OH excluding ortho intramolecular Hbond substituents is 1. The Balaban J connectivity index is 2.42. The van der Waals surface area contributed by atoms with Crippen molar-refractivity contribution in [2.24, 2.45) is 0 Å². The number of nitrogens with one attached hydrogen (secondary N) is 1. The van der Waals surface area contributed by atoms with Crippen LogP contribution in [0.25, 0.3) is 0 Å². The summed E-state index contributed by atoms with van der Waals surface area (Å²) in [5.74, 6) is -7.72. The second-order valence-electron chi connectivity index (χ2n) is 4.88. The van der Waals surface area contributed by atoms with Gasteiger partial charge < -0.3 is 30.8 Å². The molecule has 1 amide bonds. The summed E-state index contributed by atoms with van der Waals surface area (Å²) in [4.78, 5) is 48.7. The largest absolute Gasteiger partial charge is 0.507 e. The molecule has 1 aromatic carbocycles. The molecule has 0 aliphatic heterocycles. The standard InChI is InChI=1S/C15H10N2O9/c18-9-3-7(14(23)24)10(19)2-6(9)12(20)17-11-8(15(25)26)1-5(4-16-11)13(21)22/h1-4,18-19H,(H,21,22)(H,23,24)(H,25,26)(H,16,17,20). The number of pyridine rings is 1. The van der Waals surface area contributed by atoms with Crippen LogP contribution < -0.4 is 5.32 Å². The number of phenols is 2. The Hall–Kier alpha value is -4.15. The zero-order chi connectivity index (χ0) is 19.6. The van der Waals surface area contributed by atoms with Crippen molar-refractivity contribution in [2.75, 3.05) is 5.32 Å². The summed E-state index contributed by atoms with van der Waals surface area (Å²) in [7, 11) is 0. The molecule has 0 atom stereocenters. The van der Waals surface area contributed by atoms with Crippen LogP contribution in [0, 0.1) is 0 Å². The van der Waals surface area contributed by atoms with Gasteiger partial charge in [-0.25, -0.2) is 19.4 Å². The highest BCUT2D eigenvalue weighted by atomic mass is 16.4. The van der Waals surface area contributed by atoms with Crippen LogP contribution in [0.3, 0.4) is 0 Å². The fraction of sp³-hybridized carbons (Fsp3) is 0. The van der Waals surface area contributed by atoms with Gasteiger partial charge in [-0.2, -0.15) is 0 Å². The molecule has 6 N–H and O–H groups in total. The van der Waals surface area contributed by atoms with Crippen molar-refractivity contribution in [1.82, 2.24) is 4.98 Å². The van der Waals surface area contributed by atoms with Crippen LogP contribution in [-0.4, -0.2) is 54.3 Å². The van der Waals surface area contributed by atoms with E-state index in [9.17, 15) is 29.4 Å². The first-order valence-corrected chi connectivity index (χ1v) is 6.69. The fourth-order valence-electron chi connectivity index (χ4n) is 1.95. The molecule has 1 aromatic heterocycles. The Bertz CT molecular complexity index is 952. The van der Waals surface area contributed by atoms with Crippen molar-refractivity contribution in [2.45, 2.75) is 0 Å². The number of rotatable bonds is 5. The van der Waals surface area contributed by atoms with Crippen LogP contribution in [-0.2, 0) is 0 Å². The summed E-state index contributed by atoms with van der Waals surface area (Å²) in [6.07, 6.45) is 0.815. The molecule has 0 aliphatic carbocycles. The number of carboxylic acid groups (broad SMARTS) is 3. The monoisotopic (exact) mass is 362 g/mol. The van der Waals surface area contributed by atoms with Gasteiger partial charge in [-0.1, -0.05) is 0 Å². The molecule has 0 unspecified atom stereocenters. The number of amides is 1. The van der Waals surface area contributed by atoms with E-state index >= 15 is 0 Å². The summed E-state index contributed by atoms with van der Waals surface area (Å²) in [5, 5.41) is 48.2. The highest BCUT2D eigenvalue weighted by Crippen LogP contribution is 2.28. The molecule has 0 spiro atoms. The number of carbonyl (C=O) groups is 4. The summed E-state index contributed by atoms with van der Waals surface area (Å²) in [6, 6.07) is 2.10. The minimum Gasteiger partial charge on any atom is -0.507 e. The molecule has 11 heteroatoms. The Morgan fingerprint density at radius 3 is 1.85 bits per heavy atom. The number of aromatic carboxylic acids is 3. The maximum absolute atomic E-state index is 12.2. The molecule has 0 aliphatic rings. The molecule has 2 rings (SSSR count). The highest BCUT2D eigenvalue weighted by molar-refractivity contribution is 6.09. The van der Waals surface area contributed by atoms with E-state index < -0.39 is 63.4 Å². The van der Waals surface area contributed by atoms with Crippen LogP contribution in [0.4, 0.5) is 5.82 Å². The van der Waals surface area contributed by atoms with Crippen molar-refractivity contribution < 1.29 is 44.7 Å². The number of hydrogen-bond acceptors (Lipinski definition) is 7. The summed E-state index contributed by atoms with van der Waals surface area (Å²) >= 11 is 0. The fourth-order valence-corrected chi connectivity index (χ4v) is 1.95. The lowest BCUT2D eigenvalue weighted by molar-refractivity contribution is 0.0679. The summed E-state index contributed by atoms with van der Waals surface area (Å²) in [5.41, 5.74) is -2.24. The average Bonchev–Trinajstić information content (AvgIpc) is 2.56. The van der Waals surface area contributed by atoms with Gasteiger partial charge in [0.1, 0.15) is 28.4 Å². The summed E-state index contributed by atoms with van der Waals surface area (Å²) < 4.78 is 0. The minimum absolute atomic E-state index is 0.424. The van der Waals surface area contributed by atoms with E-state index in [1.54, 1.807) is 0 Å². The molecule has 0 radical (unpaired) electrons. The minimum atomic E-state index is -1.57. The number of carboxylic acids is 3. The SMILES string of the molecule is O=C(O)c1cnc(NC(=O)c2cc(O)c(C(=O)O)cc2O)c(C(=O)O)c1. The predicted octanol–water partition coefficient (Wildman–Crippen LogP) is 0.840. The van der Waals surface area contributed by atoms with E-state index in [4.69, 9.17) is 15.3 Å². The molecule has 0 saturated heterocycles. The molecule has 11 nitrogen and oxygen atoms in total. The van der Waals surface area contributed by atoms with Gasteiger partial charge in [0.05, 0.1) is 11.1 Å². The van der Waals surface area contributed by atoms with Gasteiger partial charge in [-0.3, -0.25) is 4.79 Å². The number of aromatic nitrogens is 1. The van der Waals surface area contributed by atoms with Gasteiger partial charge in [-0.05, 0) is 18.2 Å². The van der Waals surface area contributed by atoms with E-state index in [2.05, 4.69) is 4.98 Å². The third-order valence-electron chi connectivity index (χ3n) is 3.19. The predicted molar refractivity (Wildman–Crippen MR) is 82.8 cm³/mol. The normalized spacial score (nSPS) is 10.2. The van der Waals surface area contributed by atoms with E-state index in [1.807, 2.05) is 5.32 Å². The van der Waals surface area contributed by atoms with Gasteiger partial charge in [0, 0.05) is 6.20 Å². The first kappa shape index (κ1) is 18.2. The van der Waals surface area contributed by atoms with Gasteiger partial charge in [-0.15, -0.1) is 0 Å². The van der Waals surface area contributed by atoms with E-state index in [0.29, 0.717) is 12.1 Å². The zero-order valence-corrected chi connectivity index (χ0v) is 12.6. The van der Waals surface area contributed by atoms with Crippen molar-refractivity contribution in [3.63, 3.8) is 0 Å². The van der Waals surface area contributed by atoms with Crippen LogP contribution in [0.5, 0.6) is 11.5 Å². The number of anilines is 1. The highest BCUT2D eigenvalue weighted by Gasteiger charge is 2.22. The van der Waals surface area contributed by atoms with Gasteiger partial charge in [0.2, 0.25) is 0 Å². The van der Waals surface area contributed by atoms with Crippen molar-refractivity contribution in [1.29, 1.82) is 0 Å². The number of hydrogen-bond donors (Lipinski definition) is 6. The molecule has 0 fully saturated rings. The van der Waals surface area contributed by atoms with Crippen molar-refractivity contribution in [3.05, 3.63) is 46.6 Å². The Labute approximate surface area is 143 Å². The van der Waals surface area contributed by atoms with Gasteiger partial charge in [0.25, 0.3) is 5.91 Å². The lowest BCUT2D eigenvalue weighted by Gasteiger charge is -2.10. The molecule has 2 aromatic rings. The van der Waals surface area contributed by atoms with Gasteiger partial charge in [0.15, 0.2) is 0 Å². The van der Waals surface area contributed by atoms with Crippen LogP contribution in [0.15, 0.2) is 24.4 Å². The van der Waals surface area contributed by atoms with Crippen molar-refractivity contribution >= 4 is 29.6 Å². The van der Waals surface area contributed by atoms with Crippen LogP contribution >= 0.6 is 0 Å². The number of benzene rings is 1. The maximum Gasteiger partial charge on any atom is 0.339 e. The van der Waals surface area contributed by atoms with E-state index in [-0.39, 0.29) is 0 Å². The Morgan fingerprint density at radius 2 is 1.31 bits per heavy atom. The number of nitrogens with zero attached hydrogens (tertiary/aromatic N) is 1. The number of carbonyl (C=O) groups excluding carboxylic acids is 1. The van der Waals surface area contributed by atoms with E-state index in [0.717, 1.165) is 12.3 Å². The lowest BCUT2D eigenvalue weighted by atomic mass is 10.1. The smallest absolute Gasteiger partial charge is 0.339 e. The third kappa shape index (κ3) is 3.51. The van der Waals surface area contributed by atoms with Crippen LogP contribution in [0.1, 0.15) is 41.4 Å². The maximum atomic E-state index is 12.2. The quantitative estimate of drug-likeness (QED) is 0.415. The Kier molecular flexibility index (Phi) is 4.73. The topological polar surface area (TPSA) is 194 Å². The molecule has 26 heavy (non-hydrogen) atoms. The summed E-state index contributed by atoms with van der Waals surface area (Å²) in [6.45, 7) is 0. The molecule has 0 saturated carbocycles. The first-order chi connectivity index (χ1) is 12.1. The second kappa shape index (κ2) is 6.76. The first-order valence-electron chi connectivity index (χ1n) is 6.69. The Morgan fingerprint density at radius 1 is 0.769 bits per heavy atom. The second-order valence-corrected chi connectivity index (χ2v) is 4.88. The van der Waals surface area contributed by atoms with Crippen molar-refractivity contribution in [3.8, 4) is 11.5 Å². The molecule has 134 valence electrons. The zero-order valence-electron chi connectivity index (χ0n) is 12.6. The third-order valence-corrected chi connectivity index (χ3v) is 3.19. The molecule has 1 heterocycles. The molecular weight excluding hydrogens is 352 g/mol. The average molecular weight is 362 g/mol. The molecular formula is C15H10N2O9. The molecule has 0 bridgehead atoms.